The molecule has 1 fully saturated rings. The average Bonchev–Trinajstić information content (AvgIpc) is 2.79. The maximum atomic E-state index is 6.11. The molecule has 3 atom stereocenters. The van der Waals surface area contributed by atoms with Gasteiger partial charge in [0.1, 0.15) is 0 Å². The molecule has 3 unspecified atom stereocenters. The number of likely N-dealkylation sites (N-methyl/N-ethyl adjacent to an activating group) is 1. The van der Waals surface area contributed by atoms with E-state index in [-0.39, 0.29) is 6.04 Å². The highest BCUT2D eigenvalue weighted by molar-refractivity contribution is 5.40. The van der Waals surface area contributed by atoms with E-state index in [0.29, 0.717) is 18.7 Å². The van der Waals surface area contributed by atoms with Crippen molar-refractivity contribution in [3.05, 3.63) is 34.4 Å². The highest BCUT2D eigenvalue weighted by atomic mass is 16.5. The van der Waals surface area contributed by atoms with E-state index in [1.165, 1.54) is 22.3 Å². The van der Waals surface area contributed by atoms with Crippen molar-refractivity contribution in [2.24, 2.45) is 5.73 Å². The minimum absolute atomic E-state index is 0.268. The van der Waals surface area contributed by atoms with E-state index >= 15 is 0 Å². The molecular formula is C17H28N2O. The summed E-state index contributed by atoms with van der Waals surface area (Å²) in [6.45, 7) is 10.2. The fourth-order valence-corrected chi connectivity index (χ4v) is 3.69. The predicted octanol–water partition coefficient (Wildman–Crippen LogP) is 2.72. The van der Waals surface area contributed by atoms with Crippen LogP contribution in [0.3, 0.4) is 0 Å². The monoisotopic (exact) mass is 276 g/mol. The van der Waals surface area contributed by atoms with E-state index in [0.717, 1.165) is 13.0 Å². The molecule has 3 nitrogen and oxygen atoms in total. The Morgan fingerprint density at radius 1 is 1.30 bits per heavy atom. The number of nitrogens with two attached hydrogens (primary N) is 1. The molecule has 0 radical (unpaired) electrons. The van der Waals surface area contributed by atoms with E-state index in [1.807, 2.05) is 0 Å². The zero-order chi connectivity index (χ0) is 14.9. The van der Waals surface area contributed by atoms with E-state index < -0.39 is 0 Å². The highest BCUT2D eigenvalue weighted by Gasteiger charge is 2.32. The molecule has 1 aliphatic rings. The summed E-state index contributed by atoms with van der Waals surface area (Å²) < 4.78 is 5.71. The molecule has 2 N–H and O–H groups in total. The first-order valence-corrected chi connectivity index (χ1v) is 7.57. The van der Waals surface area contributed by atoms with Gasteiger partial charge in [-0.1, -0.05) is 17.7 Å². The number of ether oxygens (including phenoxy) is 1. The van der Waals surface area contributed by atoms with Crippen molar-refractivity contribution < 1.29 is 4.74 Å². The van der Waals surface area contributed by atoms with Crippen LogP contribution in [0.5, 0.6) is 0 Å². The number of aryl methyl sites for hydroxylation is 3. The Kier molecular flexibility index (Phi) is 4.84. The van der Waals surface area contributed by atoms with Gasteiger partial charge in [-0.25, -0.2) is 0 Å². The standard InChI is InChI=1S/C17H28N2O/c1-11-8-12(2)17(13(3)9-11)16(10-18)19(5)15-6-7-20-14(15)4/h8-9,14-16H,6-7,10,18H2,1-5H3. The minimum atomic E-state index is 0.268. The zero-order valence-electron chi connectivity index (χ0n) is 13.4. The van der Waals surface area contributed by atoms with Gasteiger partial charge in [0, 0.05) is 25.2 Å². The third-order valence-electron chi connectivity index (χ3n) is 4.65. The topological polar surface area (TPSA) is 38.5 Å². The summed E-state index contributed by atoms with van der Waals surface area (Å²) in [7, 11) is 2.19. The molecule has 1 aromatic carbocycles. The van der Waals surface area contributed by atoms with Gasteiger partial charge < -0.3 is 10.5 Å². The van der Waals surface area contributed by atoms with E-state index in [9.17, 15) is 0 Å². The lowest BCUT2D eigenvalue weighted by Crippen LogP contribution is -2.42. The second kappa shape index (κ2) is 6.25. The smallest absolute Gasteiger partial charge is 0.0703 e. The first-order valence-electron chi connectivity index (χ1n) is 7.57. The third-order valence-corrected chi connectivity index (χ3v) is 4.65. The summed E-state index contributed by atoms with van der Waals surface area (Å²) >= 11 is 0. The first-order chi connectivity index (χ1) is 9.45. The van der Waals surface area contributed by atoms with Crippen LogP contribution in [0.2, 0.25) is 0 Å². The van der Waals surface area contributed by atoms with Gasteiger partial charge in [0.05, 0.1) is 6.10 Å². The minimum Gasteiger partial charge on any atom is -0.377 e. The van der Waals surface area contributed by atoms with Crippen molar-refractivity contribution in [3.63, 3.8) is 0 Å². The second-order valence-electron chi connectivity index (χ2n) is 6.16. The number of benzene rings is 1. The largest absolute Gasteiger partial charge is 0.377 e. The molecule has 0 bridgehead atoms. The summed E-state index contributed by atoms with van der Waals surface area (Å²) in [6.07, 6.45) is 1.39. The number of nitrogens with zero attached hydrogens (tertiary/aromatic N) is 1. The van der Waals surface area contributed by atoms with E-state index in [4.69, 9.17) is 10.5 Å². The molecule has 1 heterocycles. The van der Waals surface area contributed by atoms with Gasteiger partial charge >= 0.3 is 0 Å². The Hall–Kier alpha value is -0.900. The van der Waals surface area contributed by atoms with Crippen molar-refractivity contribution >= 4 is 0 Å². The molecule has 1 aliphatic heterocycles. The van der Waals surface area contributed by atoms with Gasteiger partial charge in [-0.05, 0) is 57.9 Å². The Labute approximate surface area is 123 Å². The molecule has 112 valence electrons. The quantitative estimate of drug-likeness (QED) is 0.919. The fraction of sp³-hybridized carbons (Fsp3) is 0.647. The van der Waals surface area contributed by atoms with Crippen LogP contribution >= 0.6 is 0 Å². The molecule has 3 heteroatoms. The van der Waals surface area contributed by atoms with Crippen molar-refractivity contribution in [2.45, 2.75) is 52.3 Å². The molecule has 0 aliphatic carbocycles. The molecule has 0 amide bonds. The van der Waals surface area contributed by atoms with Crippen LogP contribution in [-0.2, 0) is 4.74 Å². The van der Waals surface area contributed by atoms with Crippen molar-refractivity contribution in [3.8, 4) is 0 Å². The Morgan fingerprint density at radius 2 is 1.90 bits per heavy atom. The lowest BCUT2D eigenvalue weighted by molar-refractivity contribution is 0.0683. The molecule has 0 spiro atoms. The van der Waals surface area contributed by atoms with E-state index in [2.05, 4.69) is 51.8 Å². The van der Waals surface area contributed by atoms with Gasteiger partial charge in [-0.2, -0.15) is 0 Å². The molecular weight excluding hydrogens is 248 g/mol. The summed E-state index contributed by atoms with van der Waals surface area (Å²) in [4.78, 5) is 2.42. The van der Waals surface area contributed by atoms with Crippen LogP contribution in [0.15, 0.2) is 12.1 Å². The van der Waals surface area contributed by atoms with Gasteiger partial charge in [0.15, 0.2) is 0 Å². The average molecular weight is 276 g/mol. The van der Waals surface area contributed by atoms with Crippen LogP contribution < -0.4 is 5.73 Å². The van der Waals surface area contributed by atoms with Crippen LogP contribution in [0.25, 0.3) is 0 Å². The van der Waals surface area contributed by atoms with Crippen LogP contribution in [0.4, 0.5) is 0 Å². The normalized spacial score (nSPS) is 24.4. The molecule has 2 rings (SSSR count). The lowest BCUT2D eigenvalue weighted by Gasteiger charge is -2.35. The molecule has 0 aromatic heterocycles. The summed E-state index contributed by atoms with van der Waals surface area (Å²) in [6, 6.07) is 5.24. The number of hydrogen-bond acceptors (Lipinski definition) is 3. The Morgan fingerprint density at radius 3 is 2.35 bits per heavy atom. The maximum Gasteiger partial charge on any atom is 0.0703 e. The summed E-state index contributed by atoms with van der Waals surface area (Å²) in [5.41, 5.74) is 11.5. The van der Waals surface area contributed by atoms with Gasteiger partial charge in [-0.3, -0.25) is 4.90 Å². The SMILES string of the molecule is Cc1cc(C)c(C(CN)N(C)C2CCOC2C)c(C)c1. The maximum absolute atomic E-state index is 6.11. The molecule has 1 aromatic rings. The van der Waals surface area contributed by atoms with Gasteiger partial charge in [-0.15, -0.1) is 0 Å². The van der Waals surface area contributed by atoms with Crippen LogP contribution in [0.1, 0.15) is 41.6 Å². The fourth-order valence-electron chi connectivity index (χ4n) is 3.69. The summed E-state index contributed by atoms with van der Waals surface area (Å²) in [5.74, 6) is 0. The highest BCUT2D eigenvalue weighted by Crippen LogP contribution is 2.31. The second-order valence-corrected chi connectivity index (χ2v) is 6.16. The number of rotatable bonds is 4. The number of hydrogen-bond donors (Lipinski definition) is 1. The van der Waals surface area contributed by atoms with Crippen molar-refractivity contribution in [2.75, 3.05) is 20.2 Å². The molecule has 20 heavy (non-hydrogen) atoms. The van der Waals surface area contributed by atoms with Crippen molar-refractivity contribution in [1.82, 2.24) is 4.90 Å². The molecule has 0 saturated carbocycles. The molecule has 1 saturated heterocycles. The van der Waals surface area contributed by atoms with Crippen molar-refractivity contribution in [1.29, 1.82) is 0 Å². The third kappa shape index (κ3) is 2.90. The Balaban J connectivity index is 2.32. The lowest BCUT2D eigenvalue weighted by atomic mass is 9.92. The zero-order valence-corrected chi connectivity index (χ0v) is 13.4. The summed E-state index contributed by atoms with van der Waals surface area (Å²) in [5, 5.41) is 0. The first kappa shape index (κ1) is 15.5. The van der Waals surface area contributed by atoms with E-state index in [1.54, 1.807) is 0 Å². The van der Waals surface area contributed by atoms with Gasteiger partial charge in [0.2, 0.25) is 0 Å². The Bertz CT molecular complexity index is 449. The predicted molar refractivity (Wildman–Crippen MR) is 84.0 cm³/mol. The van der Waals surface area contributed by atoms with Gasteiger partial charge in [0.25, 0.3) is 0 Å². The van der Waals surface area contributed by atoms with Crippen LogP contribution in [-0.4, -0.2) is 37.2 Å². The van der Waals surface area contributed by atoms with Crippen LogP contribution in [0, 0.1) is 20.8 Å².